The molecule has 124 valence electrons. The molecule has 2 heterocycles. The zero-order valence-corrected chi connectivity index (χ0v) is 13.5. The number of aromatic nitrogens is 2. The second-order valence-corrected chi connectivity index (χ2v) is 5.13. The second-order valence-electron chi connectivity index (χ2n) is 5.13. The Morgan fingerprint density at radius 2 is 1.88 bits per heavy atom. The van der Waals surface area contributed by atoms with E-state index in [1.54, 1.807) is 51.3 Å². The molecule has 24 heavy (non-hydrogen) atoms. The van der Waals surface area contributed by atoms with Crippen LogP contribution in [0, 0.1) is 13.8 Å². The highest BCUT2D eigenvalue weighted by molar-refractivity contribution is 5.90. The molecule has 3 rings (SSSR count). The SMILES string of the molecule is COc1ccc(-c2nnc(COC(=O)c3cc(C)oc3C)o2)cc1. The molecule has 0 bridgehead atoms. The number of nitrogens with zero attached hydrogens (tertiary/aromatic N) is 2. The van der Waals surface area contributed by atoms with Gasteiger partial charge in [-0.1, -0.05) is 0 Å². The van der Waals surface area contributed by atoms with Gasteiger partial charge in [0.15, 0.2) is 6.61 Å². The summed E-state index contributed by atoms with van der Waals surface area (Å²) >= 11 is 0. The second kappa shape index (κ2) is 6.57. The Morgan fingerprint density at radius 3 is 2.50 bits per heavy atom. The number of rotatable bonds is 5. The Kier molecular flexibility index (Phi) is 4.33. The number of carbonyl (C=O) groups excluding carboxylic acids is 1. The van der Waals surface area contributed by atoms with Gasteiger partial charge in [-0.3, -0.25) is 0 Å². The van der Waals surface area contributed by atoms with E-state index in [1.165, 1.54) is 0 Å². The van der Waals surface area contributed by atoms with Gasteiger partial charge in [-0.25, -0.2) is 4.79 Å². The van der Waals surface area contributed by atoms with Crippen molar-refractivity contribution in [1.82, 2.24) is 10.2 Å². The number of carbonyl (C=O) groups is 1. The summed E-state index contributed by atoms with van der Waals surface area (Å²) in [6.45, 7) is 3.37. The Hall–Kier alpha value is -3.09. The van der Waals surface area contributed by atoms with E-state index in [0.29, 0.717) is 23.0 Å². The van der Waals surface area contributed by atoms with E-state index in [4.69, 9.17) is 18.3 Å². The summed E-state index contributed by atoms with van der Waals surface area (Å²) in [5, 5.41) is 7.83. The van der Waals surface area contributed by atoms with Gasteiger partial charge in [-0.15, -0.1) is 10.2 Å². The molecule has 1 aromatic carbocycles. The minimum atomic E-state index is -0.492. The molecular weight excluding hydrogens is 312 g/mol. The molecule has 2 aromatic heterocycles. The van der Waals surface area contributed by atoms with Crippen LogP contribution in [0.3, 0.4) is 0 Å². The molecule has 0 amide bonds. The van der Waals surface area contributed by atoms with Crippen molar-refractivity contribution in [1.29, 1.82) is 0 Å². The molecular formula is C17H16N2O5. The van der Waals surface area contributed by atoms with Crippen LogP contribution in [-0.2, 0) is 11.3 Å². The maximum atomic E-state index is 12.0. The third-order valence-electron chi connectivity index (χ3n) is 3.39. The molecule has 0 aliphatic rings. The molecule has 0 aliphatic carbocycles. The molecule has 7 nitrogen and oxygen atoms in total. The molecule has 0 fully saturated rings. The van der Waals surface area contributed by atoms with Crippen molar-refractivity contribution in [3.63, 3.8) is 0 Å². The topological polar surface area (TPSA) is 87.6 Å². The van der Waals surface area contributed by atoms with E-state index in [1.807, 2.05) is 0 Å². The fourth-order valence-corrected chi connectivity index (χ4v) is 2.20. The normalized spacial score (nSPS) is 10.6. The van der Waals surface area contributed by atoms with Crippen molar-refractivity contribution >= 4 is 5.97 Å². The van der Waals surface area contributed by atoms with Crippen molar-refractivity contribution in [3.05, 3.63) is 53.3 Å². The maximum absolute atomic E-state index is 12.0. The number of hydrogen-bond acceptors (Lipinski definition) is 7. The zero-order chi connectivity index (χ0) is 17.1. The first-order chi connectivity index (χ1) is 11.6. The van der Waals surface area contributed by atoms with Crippen LogP contribution < -0.4 is 4.74 Å². The first-order valence-electron chi connectivity index (χ1n) is 7.28. The summed E-state index contributed by atoms with van der Waals surface area (Å²) in [6.07, 6.45) is 0. The zero-order valence-electron chi connectivity index (χ0n) is 13.5. The lowest BCUT2D eigenvalue weighted by molar-refractivity contribution is 0.0436. The van der Waals surface area contributed by atoms with Gasteiger partial charge in [0.25, 0.3) is 5.89 Å². The van der Waals surface area contributed by atoms with Crippen molar-refractivity contribution < 1.29 is 23.1 Å². The van der Waals surface area contributed by atoms with E-state index in [9.17, 15) is 4.79 Å². The van der Waals surface area contributed by atoms with E-state index < -0.39 is 5.97 Å². The largest absolute Gasteiger partial charge is 0.497 e. The highest BCUT2D eigenvalue weighted by Gasteiger charge is 2.17. The highest BCUT2D eigenvalue weighted by Crippen LogP contribution is 2.21. The smallest absolute Gasteiger partial charge is 0.342 e. The summed E-state index contributed by atoms with van der Waals surface area (Å²) in [6, 6.07) is 8.83. The van der Waals surface area contributed by atoms with Crippen LogP contribution in [0.2, 0.25) is 0 Å². The predicted octanol–water partition coefficient (Wildman–Crippen LogP) is 3.31. The number of aryl methyl sites for hydroxylation is 2. The number of furan rings is 1. The van der Waals surface area contributed by atoms with Crippen LogP contribution in [0.5, 0.6) is 5.75 Å². The van der Waals surface area contributed by atoms with E-state index in [0.717, 1.165) is 11.3 Å². The Morgan fingerprint density at radius 1 is 1.12 bits per heavy atom. The lowest BCUT2D eigenvalue weighted by Crippen LogP contribution is -2.05. The minimum Gasteiger partial charge on any atom is -0.497 e. The predicted molar refractivity (Wildman–Crippen MR) is 83.6 cm³/mol. The Labute approximate surface area is 138 Å². The van der Waals surface area contributed by atoms with Crippen LogP contribution in [0.4, 0.5) is 0 Å². The van der Waals surface area contributed by atoms with Crippen molar-refractivity contribution in [3.8, 4) is 17.2 Å². The van der Waals surface area contributed by atoms with Crippen LogP contribution in [0.25, 0.3) is 11.5 Å². The molecule has 0 radical (unpaired) electrons. The average Bonchev–Trinajstić information content (AvgIpc) is 3.19. The summed E-state index contributed by atoms with van der Waals surface area (Å²) in [5.74, 6) is 1.97. The summed E-state index contributed by atoms with van der Waals surface area (Å²) in [4.78, 5) is 12.0. The first-order valence-corrected chi connectivity index (χ1v) is 7.28. The molecule has 0 saturated carbocycles. The number of methoxy groups -OCH3 is 1. The van der Waals surface area contributed by atoms with Crippen LogP contribution >= 0.6 is 0 Å². The fraction of sp³-hybridized carbons (Fsp3) is 0.235. The molecule has 0 atom stereocenters. The van der Waals surface area contributed by atoms with Gasteiger partial charge in [-0.05, 0) is 44.2 Å². The standard InChI is InChI=1S/C17H16N2O5/c1-10-8-14(11(2)23-10)17(20)22-9-15-18-19-16(24-15)12-4-6-13(21-3)7-5-12/h4-8H,9H2,1-3H3. The van der Waals surface area contributed by atoms with Gasteiger partial charge < -0.3 is 18.3 Å². The van der Waals surface area contributed by atoms with E-state index in [2.05, 4.69) is 10.2 Å². The van der Waals surface area contributed by atoms with E-state index >= 15 is 0 Å². The summed E-state index contributed by atoms with van der Waals surface area (Å²) < 4.78 is 21.1. The van der Waals surface area contributed by atoms with Gasteiger partial charge in [0.2, 0.25) is 5.89 Å². The van der Waals surface area contributed by atoms with Gasteiger partial charge in [0, 0.05) is 5.56 Å². The molecule has 0 unspecified atom stereocenters. The highest BCUT2D eigenvalue weighted by atomic mass is 16.5. The summed E-state index contributed by atoms with van der Waals surface area (Å²) in [5.41, 5.74) is 1.14. The third-order valence-corrected chi connectivity index (χ3v) is 3.39. The number of ether oxygens (including phenoxy) is 2. The summed E-state index contributed by atoms with van der Waals surface area (Å²) in [7, 11) is 1.59. The van der Waals surface area contributed by atoms with Gasteiger partial charge in [0.1, 0.15) is 22.8 Å². The number of esters is 1. The lowest BCUT2D eigenvalue weighted by atomic mass is 10.2. The number of hydrogen-bond donors (Lipinski definition) is 0. The molecule has 3 aromatic rings. The van der Waals surface area contributed by atoms with Gasteiger partial charge in [-0.2, -0.15) is 0 Å². The van der Waals surface area contributed by atoms with Crippen LogP contribution in [0.15, 0.2) is 39.2 Å². The quantitative estimate of drug-likeness (QED) is 0.664. The maximum Gasteiger partial charge on any atom is 0.342 e. The van der Waals surface area contributed by atoms with Crippen molar-refractivity contribution in [2.75, 3.05) is 7.11 Å². The molecule has 7 heteroatoms. The molecule has 0 aliphatic heterocycles. The van der Waals surface area contributed by atoms with Gasteiger partial charge >= 0.3 is 5.97 Å². The lowest BCUT2D eigenvalue weighted by Gasteiger charge is -2.00. The van der Waals surface area contributed by atoms with Crippen LogP contribution in [-0.4, -0.2) is 23.3 Å². The first kappa shape index (κ1) is 15.8. The molecule has 0 N–H and O–H groups in total. The Balaban J connectivity index is 1.65. The average molecular weight is 328 g/mol. The van der Waals surface area contributed by atoms with Crippen LogP contribution in [0.1, 0.15) is 27.8 Å². The van der Waals surface area contributed by atoms with Crippen molar-refractivity contribution in [2.45, 2.75) is 20.5 Å². The molecule has 0 saturated heterocycles. The number of benzene rings is 1. The monoisotopic (exact) mass is 328 g/mol. The third kappa shape index (κ3) is 3.29. The minimum absolute atomic E-state index is 0.106. The fourth-order valence-electron chi connectivity index (χ4n) is 2.20. The Bertz CT molecular complexity index is 848. The van der Waals surface area contributed by atoms with Crippen molar-refractivity contribution in [2.24, 2.45) is 0 Å². The van der Waals surface area contributed by atoms with Gasteiger partial charge in [0.05, 0.1) is 7.11 Å². The van der Waals surface area contributed by atoms with E-state index in [-0.39, 0.29) is 12.5 Å². The molecule has 0 spiro atoms.